The Balaban J connectivity index is 1.99. The van der Waals surface area contributed by atoms with E-state index in [1.807, 2.05) is 0 Å². The molecule has 0 fully saturated rings. The van der Waals surface area contributed by atoms with E-state index in [1.54, 1.807) is 6.20 Å². The Kier molecular flexibility index (Phi) is 3.97. The van der Waals surface area contributed by atoms with Gasteiger partial charge in [-0.05, 0) is 31.4 Å². The first-order valence-corrected chi connectivity index (χ1v) is 7.72. The van der Waals surface area contributed by atoms with Gasteiger partial charge < -0.3 is 10.2 Å². The maximum Gasteiger partial charge on any atom is 0.224 e. The molecule has 1 aliphatic heterocycles. The molecule has 0 amide bonds. The number of fused-ring (bicyclic) bond motifs is 1. The fraction of sp³-hybridized carbons (Fsp3) is 0.375. The summed E-state index contributed by atoms with van der Waals surface area (Å²) in [5.41, 5.74) is 2.52. The Morgan fingerprint density at radius 2 is 2.19 bits per heavy atom. The number of rotatable bonds is 4. The third-order valence-electron chi connectivity index (χ3n) is 3.69. The van der Waals surface area contributed by atoms with Crippen molar-refractivity contribution in [1.29, 1.82) is 0 Å². The largest absolute Gasteiger partial charge is 0.354 e. The molecular weight excluding hydrogens is 284 g/mol. The lowest BCUT2D eigenvalue weighted by Crippen LogP contribution is -2.25. The van der Waals surface area contributed by atoms with E-state index < -0.39 is 0 Å². The molecule has 4 nitrogen and oxygen atoms in total. The van der Waals surface area contributed by atoms with Crippen LogP contribution in [0.2, 0.25) is 5.02 Å². The normalized spacial score (nSPS) is 16.9. The van der Waals surface area contributed by atoms with Crippen molar-refractivity contribution < 1.29 is 0 Å². The lowest BCUT2D eigenvalue weighted by Gasteiger charge is -2.25. The summed E-state index contributed by atoms with van der Waals surface area (Å²) in [5, 5.41) is 3.80. The Labute approximate surface area is 130 Å². The van der Waals surface area contributed by atoms with E-state index in [2.05, 4.69) is 58.3 Å². The highest BCUT2D eigenvalue weighted by Gasteiger charge is 2.29. The van der Waals surface area contributed by atoms with Crippen LogP contribution in [0.15, 0.2) is 30.5 Å². The zero-order valence-corrected chi connectivity index (χ0v) is 13.1. The molecule has 1 unspecified atom stereocenters. The third kappa shape index (κ3) is 2.68. The van der Waals surface area contributed by atoms with Crippen LogP contribution in [0.4, 0.5) is 17.5 Å². The number of hydrogen-bond acceptors (Lipinski definition) is 4. The van der Waals surface area contributed by atoms with Gasteiger partial charge in [0.25, 0.3) is 0 Å². The summed E-state index contributed by atoms with van der Waals surface area (Å²) in [6.07, 6.45) is 3.72. The minimum atomic E-state index is 0.342. The van der Waals surface area contributed by atoms with E-state index in [9.17, 15) is 0 Å². The molecule has 1 aromatic heterocycles. The van der Waals surface area contributed by atoms with Crippen molar-refractivity contribution in [2.75, 3.05) is 16.8 Å². The molecule has 0 radical (unpaired) electrons. The van der Waals surface area contributed by atoms with Crippen LogP contribution < -0.4 is 10.2 Å². The van der Waals surface area contributed by atoms with Crippen molar-refractivity contribution in [1.82, 2.24) is 9.97 Å². The second kappa shape index (κ2) is 5.90. The fourth-order valence-corrected chi connectivity index (χ4v) is 2.92. The van der Waals surface area contributed by atoms with Gasteiger partial charge in [0.15, 0.2) is 5.82 Å². The third-order valence-corrected chi connectivity index (χ3v) is 3.96. The Morgan fingerprint density at radius 1 is 1.38 bits per heavy atom. The quantitative estimate of drug-likeness (QED) is 0.925. The molecule has 110 valence electrons. The van der Waals surface area contributed by atoms with Gasteiger partial charge >= 0.3 is 0 Å². The van der Waals surface area contributed by atoms with Crippen molar-refractivity contribution in [3.63, 3.8) is 0 Å². The van der Waals surface area contributed by atoms with Crippen LogP contribution in [0.1, 0.15) is 25.8 Å². The smallest absolute Gasteiger partial charge is 0.224 e. The summed E-state index contributed by atoms with van der Waals surface area (Å²) in [4.78, 5) is 11.1. The molecular formula is C16H19ClN4. The summed E-state index contributed by atoms with van der Waals surface area (Å²) in [6, 6.07) is 8.75. The number of halogens is 1. The predicted octanol–water partition coefficient (Wildman–Crippen LogP) is 4.03. The minimum absolute atomic E-state index is 0.342. The number of aromatic nitrogens is 2. The highest BCUT2D eigenvalue weighted by Crippen LogP contribution is 2.40. The van der Waals surface area contributed by atoms with Crippen LogP contribution in [0.25, 0.3) is 0 Å². The molecule has 0 saturated carbocycles. The topological polar surface area (TPSA) is 41.1 Å². The van der Waals surface area contributed by atoms with E-state index in [0.29, 0.717) is 17.0 Å². The zero-order chi connectivity index (χ0) is 14.8. The van der Waals surface area contributed by atoms with Crippen LogP contribution in [-0.2, 0) is 6.42 Å². The van der Waals surface area contributed by atoms with E-state index in [-0.39, 0.29) is 0 Å². The van der Waals surface area contributed by atoms with Gasteiger partial charge in [-0.2, -0.15) is 4.98 Å². The van der Waals surface area contributed by atoms with Crippen LogP contribution in [0, 0.1) is 0 Å². The minimum Gasteiger partial charge on any atom is -0.354 e. The first-order valence-electron chi connectivity index (χ1n) is 7.34. The van der Waals surface area contributed by atoms with E-state index in [1.165, 1.54) is 11.3 Å². The summed E-state index contributed by atoms with van der Waals surface area (Å²) < 4.78 is 0. The molecule has 21 heavy (non-hydrogen) atoms. The highest BCUT2D eigenvalue weighted by atomic mass is 35.5. The van der Waals surface area contributed by atoms with E-state index in [4.69, 9.17) is 11.6 Å². The molecule has 3 rings (SSSR count). The number of benzene rings is 1. The van der Waals surface area contributed by atoms with Crippen molar-refractivity contribution in [2.24, 2.45) is 0 Å². The standard InChI is InChI=1S/C16H19ClN4/c1-3-8-18-16-19-10-13(17)15(20-16)21-11(2)9-12-6-4-5-7-14(12)21/h4-7,10-11H,3,8-9H2,1-2H3,(H,18,19,20). The second-order valence-corrected chi connectivity index (χ2v) is 5.75. The van der Waals surface area contributed by atoms with Crippen LogP contribution >= 0.6 is 11.6 Å². The molecule has 2 heterocycles. The second-order valence-electron chi connectivity index (χ2n) is 5.34. The maximum absolute atomic E-state index is 6.35. The number of nitrogens with zero attached hydrogens (tertiary/aromatic N) is 3. The lowest BCUT2D eigenvalue weighted by molar-refractivity contribution is 0.749. The van der Waals surface area contributed by atoms with Gasteiger partial charge in [0.2, 0.25) is 5.95 Å². The van der Waals surface area contributed by atoms with Gasteiger partial charge in [0, 0.05) is 18.3 Å². The van der Waals surface area contributed by atoms with Gasteiger partial charge in [0.05, 0.1) is 6.20 Å². The van der Waals surface area contributed by atoms with Gasteiger partial charge in [-0.25, -0.2) is 4.98 Å². The summed E-state index contributed by atoms with van der Waals surface area (Å²) >= 11 is 6.35. The lowest BCUT2D eigenvalue weighted by atomic mass is 10.1. The summed E-state index contributed by atoms with van der Waals surface area (Å²) in [6.45, 7) is 5.16. The zero-order valence-electron chi connectivity index (χ0n) is 12.3. The Bertz CT molecular complexity index is 644. The summed E-state index contributed by atoms with van der Waals surface area (Å²) in [7, 11) is 0. The molecule has 0 aliphatic carbocycles. The Morgan fingerprint density at radius 3 is 3.00 bits per heavy atom. The average molecular weight is 303 g/mol. The number of para-hydroxylation sites is 1. The van der Waals surface area contributed by atoms with Crippen LogP contribution in [-0.4, -0.2) is 22.6 Å². The van der Waals surface area contributed by atoms with Crippen LogP contribution in [0.3, 0.4) is 0 Å². The molecule has 5 heteroatoms. The fourth-order valence-electron chi connectivity index (χ4n) is 2.74. The number of hydrogen-bond donors (Lipinski definition) is 1. The van der Waals surface area contributed by atoms with E-state index >= 15 is 0 Å². The molecule has 0 bridgehead atoms. The van der Waals surface area contributed by atoms with Gasteiger partial charge in [-0.3, -0.25) is 0 Å². The van der Waals surface area contributed by atoms with Gasteiger partial charge in [-0.1, -0.05) is 36.7 Å². The molecule has 2 aromatic rings. The van der Waals surface area contributed by atoms with Crippen LogP contribution in [0.5, 0.6) is 0 Å². The monoisotopic (exact) mass is 302 g/mol. The first kappa shape index (κ1) is 14.1. The SMILES string of the molecule is CCCNc1ncc(Cl)c(N2c3ccccc3CC2C)n1. The van der Waals surface area contributed by atoms with E-state index in [0.717, 1.165) is 25.2 Å². The maximum atomic E-state index is 6.35. The molecule has 1 atom stereocenters. The molecule has 1 N–H and O–H groups in total. The van der Waals surface area contributed by atoms with Gasteiger partial charge in [0.1, 0.15) is 5.02 Å². The highest BCUT2D eigenvalue weighted by molar-refractivity contribution is 6.33. The average Bonchev–Trinajstić information content (AvgIpc) is 2.82. The van der Waals surface area contributed by atoms with Crippen molar-refractivity contribution in [3.05, 3.63) is 41.0 Å². The number of anilines is 3. The first-order chi connectivity index (χ1) is 10.2. The Hall–Kier alpha value is -1.81. The molecule has 1 aromatic carbocycles. The molecule has 1 aliphatic rings. The molecule has 0 saturated heterocycles. The summed E-state index contributed by atoms with van der Waals surface area (Å²) in [5.74, 6) is 1.41. The van der Waals surface area contributed by atoms with Gasteiger partial charge in [-0.15, -0.1) is 0 Å². The van der Waals surface area contributed by atoms with Crippen molar-refractivity contribution >= 4 is 29.1 Å². The number of nitrogens with one attached hydrogen (secondary N) is 1. The predicted molar refractivity (Wildman–Crippen MR) is 87.6 cm³/mol. The molecule has 0 spiro atoms. The van der Waals surface area contributed by atoms with Crippen molar-refractivity contribution in [3.8, 4) is 0 Å². The van der Waals surface area contributed by atoms with Crippen molar-refractivity contribution in [2.45, 2.75) is 32.7 Å².